The predicted molar refractivity (Wildman–Crippen MR) is 92.9 cm³/mol. The number of anilines is 1. The molecule has 24 heavy (non-hydrogen) atoms. The van der Waals surface area contributed by atoms with Crippen LogP contribution in [-0.2, 0) is 9.53 Å². The van der Waals surface area contributed by atoms with E-state index in [0.29, 0.717) is 22.1 Å². The molecule has 7 heteroatoms. The van der Waals surface area contributed by atoms with Gasteiger partial charge >= 0.3 is 5.97 Å². The molecule has 2 rings (SSSR count). The molecule has 0 atom stereocenters. The molecule has 1 aromatic carbocycles. The van der Waals surface area contributed by atoms with E-state index in [1.807, 2.05) is 0 Å². The van der Waals surface area contributed by atoms with Crippen LogP contribution in [0, 0.1) is 0 Å². The fraction of sp³-hybridized carbons (Fsp3) is 0.176. The van der Waals surface area contributed by atoms with Crippen molar-refractivity contribution in [2.45, 2.75) is 0 Å². The second-order valence-corrected chi connectivity index (χ2v) is 5.51. The highest BCUT2D eigenvalue weighted by molar-refractivity contribution is 7.12. The van der Waals surface area contributed by atoms with Crippen molar-refractivity contribution >= 4 is 35.0 Å². The van der Waals surface area contributed by atoms with Crippen LogP contribution in [0.25, 0.3) is 6.08 Å². The molecule has 1 heterocycles. The molecule has 0 aliphatic rings. The largest absolute Gasteiger partial charge is 0.493 e. The summed E-state index contributed by atoms with van der Waals surface area (Å²) in [5, 5.41) is 4.36. The van der Waals surface area contributed by atoms with Gasteiger partial charge in [-0.15, -0.1) is 11.3 Å². The molecule has 0 unspecified atom stereocenters. The third kappa shape index (κ3) is 4.14. The van der Waals surface area contributed by atoms with E-state index < -0.39 is 5.97 Å². The summed E-state index contributed by atoms with van der Waals surface area (Å²) in [4.78, 5) is 24.0. The molecule has 2 aromatic rings. The SMILES string of the molecule is COC(=O)c1sccc1NC(=O)/C=C\c1ccc(OC)c(OC)c1. The van der Waals surface area contributed by atoms with Crippen molar-refractivity contribution in [2.75, 3.05) is 26.6 Å². The van der Waals surface area contributed by atoms with Gasteiger partial charge in [-0.2, -0.15) is 0 Å². The summed E-state index contributed by atoms with van der Waals surface area (Å²) in [6, 6.07) is 6.96. The van der Waals surface area contributed by atoms with Crippen LogP contribution in [0.15, 0.2) is 35.7 Å². The Balaban J connectivity index is 2.09. The minimum atomic E-state index is -0.482. The van der Waals surface area contributed by atoms with Gasteiger partial charge in [-0.05, 0) is 35.2 Å². The number of hydrogen-bond donors (Lipinski definition) is 1. The molecule has 0 aliphatic carbocycles. The van der Waals surface area contributed by atoms with E-state index in [0.717, 1.165) is 5.56 Å². The maximum atomic E-state index is 12.0. The maximum Gasteiger partial charge on any atom is 0.350 e. The molecule has 0 spiro atoms. The average molecular weight is 347 g/mol. The zero-order chi connectivity index (χ0) is 17.5. The van der Waals surface area contributed by atoms with E-state index in [-0.39, 0.29) is 5.91 Å². The van der Waals surface area contributed by atoms with Gasteiger partial charge in [0, 0.05) is 6.08 Å². The molecular formula is C17H17NO5S. The van der Waals surface area contributed by atoms with Gasteiger partial charge in [-0.3, -0.25) is 4.79 Å². The van der Waals surface area contributed by atoms with Crippen molar-refractivity contribution in [1.82, 2.24) is 0 Å². The number of methoxy groups -OCH3 is 3. The molecule has 0 aliphatic heterocycles. The Hall–Kier alpha value is -2.80. The van der Waals surface area contributed by atoms with Gasteiger partial charge in [0.05, 0.1) is 27.0 Å². The lowest BCUT2D eigenvalue weighted by Crippen LogP contribution is -2.10. The minimum Gasteiger partial charge on any atom is -0.493 e. The van der Waals surface area contributed by atoms with Gasteiger partial charge in [-0.25, -0.2) is 4.79 Å². The number of nitrogens with one attached hydrogen (secondary N) is 1. The molecule has 1 amide bonds. The van der Waals surface area contributed by atoms with Crippen LogP contribution in [0.5, 0.6) is 11.5 Å². The number of amides is 1. The Labute approximate surface area is 143 Å². The highest BCUT2D eigenvalue weighted by Crippen LogP contribution is 2.28. The first-order chi connectivity index (χ1) is 11.6. The second-order valence-electron chi connectivity index (χ2n) is 4.59. The topological polar surface area (TPSA) is 73.9 Å². The lowest BCUT2D eigenvalue weighted by molar-refractivity contribution is -0.111. The molecular weight excluding hydrogens is 330 g/mol. The minimum absolute atomic E-state index is 0.352. The van der Waals surface area contributed by atoms with E-state index in [2.05, 4.69) is 10.1 Å². The molecule has 6 nitrogen and oxygen atoms in total. The number of esters is 1. The van der Waals surface area contributed by atoms with E-state index in [4.69, 9.17) is 9.47 Å². The van der Waals surface area contributed by atoms with Crippen LogP contribution in [0.4, 0.5) is 5.69 Å². The van der Waals surface area contributed by atoms with Gasteiger partial charge in [-0.1, -0.05) is 6.07 Å². The van der Waals surface area contributed by atoms with E-state index in [9.17, 15) is 9.59 Å². The number of rotatable bonds is 6. The zero-order valence-corrected chi connectivity index (χ0v) is 14.3. The first kappa shape index (κ1) is 17.6. The quantitative estimate of drug-likeness (QED) is 0.642. The Bertz CT molecular complexity index is 766. The van der Waals surface area contributed by atoms with Gasteiger partial charge in [0.25, 0.3) is 0 Å². The predicted octanol–water partition coefficient (Wildman–Crippen LogP) is 3.20. The third-order valence-electron chi connectivity index (χ3n) is 3.13. The van der Waals surface area contributed by atoms with Crippen molar-refractivity contribution < 1.29 is 23.8 Å². The summed E-state index contributed by atoms with van der Waals surface area (Å²) in [7, 11) is 4.40. The van der Waals surface area contributed by atoms with Crippen LogP contribution in [0.3, 0.4) is 0 Å². The fourth-order valence-electron chi connectivity index (χ4n) is 1.96. The molecule has 1 aromatic heterocycles. The Morgan fingerprint density at radius 3 is 2.50 bits per heavy atom. The van der Waals surface area contributed by atoms with Gasteiger partial charge in [0.15, 0.2) is 11.5 Å². The Morgan fingerprint density at radius 1 is 1.08 bits per heavy atom. The second kappa shape index (κ2) is 8.16. The van der Waals surface area contributed by atoms with Crippen LogP contribution in [0.2, 0.25) is 0 Å². The summed E-state index contributed by atoms with van der Waals surface area (Å²) in [5.74, 6) is 0.350. The molecule has 0 saturated carbocycles. The van der Waals surface area contributed by atoms with Crippen molar-refractivity contribution in [3.05, 3.63) is 46.2 Å². The molecule has 0 bridgehead atoms. The van der Waals surface area contributed by atoms with E-state index >= 15 is 0 Å². The lowest BCUT2D eigenvalue weighted by Gasteiger charge is -2.07. The number of benzene rings is 1. The van der Waals surface area contributed by atoms with Gasteiger partial charge in [0.1, 0.15) is 4.88 Å². The first-order valence-electron chi connectivity index (χ1n) is 6.96. The molecule has 0 radical (unpaired) electrons. The Kier molecular flexibility index (Phi) is 5.97. The highest BCUT2D eigenvalue weighted by atomic mass is 32.1. The standard InChI is InChI=1S/C17H17NO5S/c1-21-13-6-4-11(10-14(13)22-2)5-7-15(19)18-12-8-9-24-16(12)17(20)23-3/h4-10H,1-3H3,(H,18,19)/b7-5-. The molecule has 1 N–H and O–H groups in total. The Morgan fingerprint density at radius 2 is 1.83 bits per heavy atom. The number of carbonyl (C=O) groups excluding carboxylic acids is 2. The smallest absolute Gasteiger partial charge is 0.350 e. The first-order valence-corrected chi connectivity index (χ1v) is 7.84. The number of carbonyl (C=O) groups is 2. The number of ether oxygens (including phenoxy) is 3. The van der Waals surface area contributed by atoms with E-state index in [1.165, 1.54) is 24.5 Å². The van der Waals surface area contributed by atoms with E-state index in [1.54, 1.807) is 49.9 Å². The van der Waals surface area contributed by atoms with Crippen molar-refractivity contribution in [3.8, 4) is 11.5 Å². The fourth-order valence-corrected chi connectivity index (χ4v) is 2.73. The normalized spacial score (nSPS) is 10.5. The maximum absolute atomic E-state index is 12.0. The van der Waals surface area contributed by atoms with Crippen LogP contribution < -0.4 is 14.8 Å². The summed E-state index contributed by atoms with van der Waals surface area (Å²) in [6.45, 7) is 0. The number of hydrogen-bond acceptors (Lipinski definition) is 6. The molecule has 0 saturated heterocycles. The lowest BCUT2D eigenvalue weighted by atomic mass is 10.2. The molecule has 0 fully saturated rings. The highest BCUT2D eigenvalue weighted by Gasteiger charge is 2.14. The van der Waals surface area contributed by atoms with Crippen molar-refractivity contribution in [2.24, 2.45) is 0 Å². The average Bonchev–Trinajstić information content (AvgIpc) is 3.06. The van der Waals surface area contributed by atoms with Crippen molar-refractivity contribution in [3.63, 3.8) is 0 Å². The van der Waals surface area contributed by atoms with Crippen LogP contribution >= 0.6 is 11.3 Å². The van der Waals surface area contributed by atoms with Crippen molar-refractivity contribution in [1.29, 1.82) is 0 Å². The summed E-state index contributed by atoms with van der Waals surface area (Å²) in [5.41, 5.74) is 1.20. The van der Waals surface area contributed by atoms with Gasteiger partial charge < -0.3 is 19.5 Å². The summed E-state index contributed by atoms with van der Waals surface area (Å²) in [6.07, 6.45) is 3.02. The van der Waals surface area contributed by atoms with Crippen LogP contribution in [-0.4, -0.2) is 33.2 Å². The summed E-state index contributed by atoms with van der Waals surface area (Å²) >= 11 is 1.20. The number of thiophene rings is 1. The monoisotopic (exact) mass is 347 g/mol. The molecule has 126 valence electrons. The summed E-state index contributed by atoms with van der Waals surface area (Å²) < 4.78 is 15.0. The van der Waals surface area contributed by atoms with Gasteiger partial charge in [0.2, 0.25) is 5.91 Å². The third-order valence-corrected chi connectivity index (χ3v) is 4.02. The van der Waals surface area contributed by atoms with Crippen LogP contribution in [0.1, 0.15) is 15.2 Å². The zero-order valence-electron chi connectivity index (χ0n) is 13.5.